The molecule has 1 aromatic carbocycles. The summed E-state index contributed by atoms with van der Waals surface area (Å²) >= 11 is 2.06. The van der Waals surface area contributed by atoms with Crippen LogP contribution in [-0.2, 0) is 6.54 Å². The molecule has 7 heteroatoms. The molecule has 1 saturated heterocycles. The Labute approximate surface area is 172 Å². The topological polar surface area (TPSA) is 56.7 Å². The summed E-state index contributed by atoms with van der Waals surface area (Å²) in [5.41, 5.74) is 1.84. The first kappa shape index (κ1) is 22.1. The smallest absolute Gasteiger partial charge is 0.251 e. The Bertz CT molecular complexity index is 565. The lowest BCUT2D eigenvalue weighted by Crippen LogP contribution is -2.47. The number of carbonyl (C=O) groups is 1. The number of carbonyl (C=O) groups excluding carboxylic acids is 1. The maximum absolute atomic E-state index is 11.8. The van der Waals surface area contributed by atoms with Crippen LogP contribution in [0.4, 0.5) is 0 Å². The van der Waals surface area contributed by atoms with E-state index in [0.29, 0.717) is 23.9 Å². The second kappa shape index (κ2) is 11.6. The van der Waals surface area contributed by atoms with Crippen molar-refractivity contribution in [1.29, 1.82) is 0 Å². The Kier molecular flexibility index (Phi) is 10.3. The molecule has 2 rings (SSSR count). The average Bonchev–Trinajstić information content (AvgIpc) is 2.63. The molecule has 1 aromatic rings. The largest absolute Gasteiger partial charge is 0.352 e. The summed E-state index contributed by atoms with van der Waals surface area (Å²) in [7, 11) is 1.84. The molecule has 1 aliphatic rings. The van der Waals surface area contributed by atoms with E-state index in [-0.39, 0.29) is 29.9 Å². The maximum atomic E-state index is 11.8. The van der Waals surface area contributed by atoms with Gasteiger partial charge in [0, 0.05) is 49.8 Å². The van der Waals surface area contributed by atoms with E-state index in [1.807, 2.05) is 38.2 Å². The van der Waals surface area contributed by atoms with Crippen molar-refractivity contribution in [3.05, 3.63) is 35.4 Å². The Balaban J connectivity index is 0.00000312. The van der Waals surface area contributed by atoms with Crippen molar-refractivity contribution in [2.75, 3.05) is 32.4 Å². The minimum atomic E-state index is -0.0238. The molecule has 1 fully saturated rings. The Morgan fingerprint density at radius 3 is 2.60 bits per heavy atom. The highest BCUT2D eigenvalue weighted by atomic mass is 127. The molecule has 140 valence electrons. The number of thioether (sulfide) groups is 1. The predicted molar refractivity (Wildman–Crippen MR) is 118 cm³/mol. The molecular weight excluding hydrogens is 447 g/mol. The molecule has 0 aliphatic carbocycles. The van der Waals surface area contributed by atoms with Gasteiger partial charge in [-0.25, -0.2) is 0 Å². The quantitative estimate of drug-likeness (QED) is 0.390. The van der Waals surface area contributed by atoms with Crippen LogP contribution in [0.2, 0.25) is 0 Å². The van der Waals surface area contributed by atoms with Gasteiger partial charge in [-0.15, -0.1) is 24.0 Å². The van der Waals surface area contributed by atoms with E-state index in [2.05, 4.69) is 39.2 Å². The van der Waals surface area contributed by atoms with Gasteiger partial charge in [0.15, 0.2) is 5.96 Å². The molecule has 0 aromatic heterocycles. The Morgan fingerprint density at radius 1 is 1.28 bits per heavy atom. The first-order chi connectivity index (χ1) is 11.7. The second-order valence-electron chi connectivity index (χ2n) is 5.80. The van der Waals surface area contributed by atoms with Gasteiger partial charge in [0.1, 0.15) is 0 Å². The number of amides is 1. The molecule has 1 unspecified atom stereocenters. The molecule has 1 atom stereocenters. The second-order valence-corrected chi connectivity index (χ2v) is 7.21. The SMILES string of the molecule is CCNC(=O)c1ccc(CNC(=NC)N2CCSC(CC)C2)cc1.I. The molecule has 1 aliphatic heterocycles. The normalized spacial score (nSPS) is 17.6. The van der Waals surface area contributed by atoms with E-state index < -0.39 is 0 Å². The third-order valence-electron chi connectivity index (χ3n) is 4.11. The molecule has 1 amide bonds. The van der Waals surface area contributed by atoms with Gasteiger partial charge < -0.3 is 15.5 Å². The zero-order chi connectivity index (χ0) is 17.4. The standard InChI is InChI=1S/C18H28N4OS.HI/c1-4-16-13-22(10-11-24-16)18(19-3)21-12-14-6-8-15(9-7-14)17(23)20-5-2;/h6-9,16H,4-5,10-13H2,1-3H3,(H,19,21)(H,20,23);1H. The van der Waals surface area contributed by atoms with Crippen LogP contribution in [0.3, 0.4) is 0 Å². The van der Waals surface area contributed by atoms with E-state index in [9.17, 15) is 4.79 Å². The average molecular weight is 476 g/mol. The summed E-state index contributed by atoms with van der Waals surface area (Å²) in [6, 6.07) is 7.72. The molecule has 25 heavy (non-hydrogen) atoms. The van der Waals surface area contributed by atoms with Crippen molar-refractivity contribution in [1.82, 2.24) is 15.5 Å². The van der Waals surface area contributed by atoms with Crippen molar-refractivity contribution in [2.45, 2.75) is 32.1 Å². The van der Waals surface area contributed by atoms with E-state index in [0.717, 1.165) is 30.4 Å². The van der Waals surface area contributed by atoms with Crippen LogP contribution in [0.1, 0.15) is 36.2 Å². The third kappa shape index (κ3) is 6.69. The minimum Gasteiger partial charge on any atom is -0.352 e. The van der Waals surface area contributed by atoms with Gasteiger partial charge in [0.25, 0.3) is 5.91 Å². The van der Waals surface area contributed by atoms with Gasteiger partial charge in [-0.1, -0.05) is 19.1 Å². The lowest BCUT2D eigenvalue weighted by atomic mass is 10.1. The maximum Gasteiger partial charge on any atom is 0.251 e. The highest BCUT2D eigenvalue weighted by molar-refractivity contribution is 14.0. The number of nitrogens with zero attached hydrogens (tertiary/aromatic N) is 2. The summed E-state index contributed by atoms with van der Waals surface area (Å²) in [6.45, 7) is 7.61. The van der Waals surface area contributed by atoms with E-state index in [1.54, 1.807) is 0 Å². The van der Waals surface area contributed by atoms with Crippen LogP contribution >= 0.6 is 35.7 Å². The highest BCUT2D eigenvalue weighted by Crippen LogP contribution is 2.21. The zero-order valence-corrected chi connectivity index (χ0v) is 18.4. The van der Waals surface area contributed by atoms with Crippen molar-refractivity contribution in [3.63, 3.8) is 0 Å². The molecule has 0 radical (unpaired) electrons. The number of hydrogen-bond donors (Lipinski definition) is 2. The summed E-state index contributed by atoms with van der Waals surface area (Å²) in [5, 5.41) is 6.94. The van der Waals surface area contributed by atoms with Gasteiger partial charge >= 0.3 is 0 Å². The number of nitrogens with one attached hydrogen (secondary N) is 2. The van der Waals surface area contributed by atoms with Gasteiger partial charge in [-0.2, -0.15) is 11.8 Å². The summed E-state index contributed by atoms with van der Waals surface area (Å²) in [5.74, 6) is 2.09. The molecule has 1 heterocycles. The molecule has 0 spiro atoms. The summed E-state index contributed by atoms with van der Waals surface area (Å²) in [6.07, 6.45) is 1.19. The third-order valence-corrected chi connectivity index (χ3v) is 5.48. The van der Waals surface area contributed by atoms with Crippen LogP contribution in [0, 0.1) is 0 Å². The fourth-order valence-electron chi connectivity index (χ4n) is 2.71. The van der Waals surface area contributed by atoms with Crippen molar-refractivity contribution < 1.29 is 4.79 Å². The number of rotatable bonds is 5. The fraction of sp³-hybridized carbons (Fsp3) is 0.556. The van der Waals surface area contributed by atoms with Crippen LogP contribution in [0.25, 0.3) is 0 Å². The first-order valence-corrected chi connectivity index (χ1v) is 9.67. The fourth-order valence-corrected chi connectivity index (χ4v) is 3.89. The van der Waals surface area contributed by atoms with Crippen molar-refractivity contribution in [2.24, 2.45) is 4.99 Å². The minimum absolute atomic E-state index is 0. The zero-order valence-electron chi connectivity index (χ0n) is 15.2. The van der Waals surface area contributed by atoms with E-state index in [1.165, 1.54) is 6.42 Å². The van der Waals surface area contributed by atoms with Gasteiger partial charge in [-0.3, -0.25) is 9.79 Å². The van der Waals surface area contributed by atoms with Crippen LogP contribution < -0.4 is 10.6 Å². The molecule has 0 bridgehead atoms. The Hall–Kier alpha value is -0.960. The van der Waals surface area contributed by atoms with Crippen LogP contribution in [0.15, 0.2) is 29.3 Å². The van der Waals surface area contributed by atoms with Gasteiger partial charge in [0.05, 0.1) is 0 Å². The van der Waals surface area contributed by atoms with Crippen LogP contribution in [0.5, 0.6) is 0 Å². The van der Waals surface area contributed by atoms with Gasteiger partial charge in [-0.05, 0) is 31.0 Å². The number of benzene rings is 1. The lowest BCUT2D eigenvalue weighted by molar-refractivity contribution is 0.0956. The lowest BCUT2D eigenvalue weighted by Gasteiger charge is -2.34. The summed E-state index contributed by atoms with van der Waals surface area (Å²) in [4.78, 5) is 18.5. The monoisotopic (exact) mass is 476 g/mol. The van der Waals surface area contributed by atoms with Crippen molar-refractivity contribution >= 4 is 47.6 Å². The number of guanidine groups is 1. The van der Waals surface area contributed by atoms with E-state index >= 15 is 0 Å². The highest BCUT2D eigenvalue weighted by Gasteiger charge is 2.21. The number of hydrogen-bond acceptors (Lipinski definition) is 3. The number of halogens is 1. The van der Waals surface area contributed by atoms with Crippen LogP contribution in [-0.4, -0.2) is 54.5 Å². The molecule has 2 N–H and O–H groups in total. The Morgan fingerprint density at radius 2 is 2.00 bits per heavy atom. The molecule has 5 nitrogen and oxygen atoms in total. The summed E-state index contributed by atoms with van der Waals surface area (Å²) < 4.78 is 0. The van der Waals surface area contributed by atoms with E-state index in [4.69, 9.17) is 0 Å². The van der Waals surface area contributed by atoms with Crippen molar-refractivity contribution in [3.8, 4) is 0 Å². The molecule has 0 saturated carbocycles. The van der Waals surface area contributed by atoms with Gasteiger partial charge in [0.2, 0.25) is 0 Å². The number of aliphatic imine (C=N–C) groups is 1. The predicted octanol–water partition coefficient (Wildman–Crippen LogP) is 2.96. The molecular formula is C18H29IN4OS. The first-order valence-electron chi connectivity index (χ1n) is 8.62.